The van der Waals surface area contributed by atoms with E-state index in [2.05, 4.69) is 6.58 Å². The molecule has 0 saturated heterocycles. The van der Waals surface area contributed by atoms with Crippen LogP contribution in [0.2, 0.25) is 0 Å². The van der Waals surface area contributed by atoms with Gasteiger partial charge in [-0.1, -0.05) is 36.4 Å². The van der Waals surface area contributed by atoms with Crippen LogP contribution in [0, 0.1) is 0 Å². The zero-order chi connectivity index (χ0) is 8.69. The van der Waals surface area contributed by atoms with E-state index in [1.165, 1.54) is 12.5 Å². The quantitative estimate of drug-likeness (QED) is 0.469. The normalized spacial score (nSPS) is 12.0. The van der Waals surface area contributed by atoms with Gasteiger partial charge in [-0.25, -0.2) is 0 Å². The van der Waals surface area contributed by atoms with E-state index in [0.717, 1.165) is 0 Å². The maximum atomic E-state index is 10.8. The fourth-order valence-corrected chi connectivity index (χ4v) is 0.720. The molecule has 0 saturated carbocycles. The zero-order valence-corrected chi connectivity index (χ0v) is 7.27. The molecule has 0 N–H and O–H groups in total. The first-order valence-corrected chi connectivity index (χ1v) is 3.74. The molecule has 0 heterocycles. The minimum Gasteiger partial charge on any atom is -0.295 e. The minimum absolute atomic E-state index is 0.0305. The molecule has 0 aromatic heterocycles. The van der Waals surface area contributed by atoms with E-state index in [1.807, 2.05) is 0 Å². The van der Waals surface area contributed by atoms with Crippen molar-refractivity contribution in [2.24, 2.45) is 0 Å². The monoisotopic (exact) mass is 170 g/mol. The van der Waals surface area contributed by atoms with Gasteiger partial charge in [0.2, 0.25) is 0 Å². The molecule has 0 aromatic rings. The van der Waals surface area contributed by atoms with Crippen molar-refractivity contribution >= 4 is 17.4 Å². The SMILES string of the molecule is C=CC(=CC/C=C/Cl)C(C)=O. The molecule has 0 spiro atoms. The van der Waals surface area contributed by atoms with Crippen LogP contribution < -0.4 is 0 Å². The molecule has 2 heteroatoms. The lowest BCUT2D eigenvalue weighted by molar-refractivity contribution is -0.113. The number of carbonyl (C=O) groups excluding carboxylic acids is 1. The molecule has 0 radical (unpaired) electrons. The zero-order valence-electron chi connectivity index (χ0n) is 6.51. The lowest BCUT2D eigenvalue weighted by Crippen LogP contribution is -1.91. The van der Waals surface area contributed by atoms with E-state index in [9.17, 15) is 4.79 Å². The summed E-state index contributed by atoms with van der Waals surface area (Å²) in [5.41, 5.74) is 2.07. The van der Waals surface area contributed by atoms with Gasteiger partial charge in [-0.05, 0) is 13.3 Å². The fourth-order valence-electron chi connectivity index (χ4n) is 0.617. The summed E-state index contributed by atoms with van der Waals surface area (Å²) in [4.78, 5) is 10.8. The average molecular weight is 171 g/mol. The first-order valence-electron chi connectivity index (χ1n) is 3.31. The van der Waals surface area contributed by atoms with Crippen LogP contribution in [0.5, 0.6) is 0 Å². The van der Waals surface area contributed by atoms with Crippen LogP contribution in [0.25, 0.3) is 0 Å². The number of ketones is 1. The third kappa shape index (κ3) is 4.57. The van der Waals surface area contributed by atoms with Gasteiger partial charge in [0.1, 0.15) is 0 Å². The van der Waals surface area contributed by atoms with Crippen molar-refractivity contribution < 1.29 is 4.79 Å². The summed E-state index contributed by atoms with van der Waals surface area (Å²) < 4.78 is 0. The number of rotatable bonds is 4. The van der Waals surface area contributed by atoms with E-state index < -0.39 is 0 Å². The second kappa shape index (κ2) is 5.93. The molecule has 0 fully saturated rings. The van der Waals surface area contributed by atoms with Crippen LogP contribution in [0.1, 0.15) is 13.3 Å². The van der Waals surface area contributed by atoms with Gasteiger partial charge in [-0.15, -0.1) is 0 Å². The summed E-state index contributed by atoms with van der Waals surface area (Å²) in [6.07, 6.45) is 5.76. The molecule has 1 nitrogen and oxygen atoms in total. The Morgan fingerprint density at radius 2 is 2.27 bits per heavy atom. The van der Waals surface area contributed by atoms with Crippen molar-refractivity contribution in [1.82, 2.24) is 0 Å². The Hall–Kier alpha value is -0.820. The fraction of sp³-hybridized carbons (Fsp3) is 0.222. The molecule has 0 atom stereocenters. The van der Waals surface area contributed by atoms with Gasteiger partial charge >= 0.3 is 0 Å². The first kappa shape index (κ1) is 10.2. The highest BCUT2D eigenvalue weighted by Crippen LogP contribution is 2.00. The summed E-state index contributed by atoms with van der Waals surface area (Å²) in [7, 11) is 0. The summed E-state index contributed by atoms with van der Waals surface area (Å²) in [5.74, 6) is 0.0305. The Morgan fingerprint density at radius 3 is 2.64 bits per heavy atom. The van der Waals surface area contributed by atoms with E-state index in [1.54, 1.807) is 18.2 Å². The van der Waals surface area contributed by atoms with Gasteiger partial charge in [0.25, 0.3) is 0 Å². The lowest BCUT2D eigenvalue weighted by Gasteiger charge is -1.91. The highest BCUT2D eigenvalue weighted by Gasteiger charge is 1.94. The van der Waals surface area contributed by atoms with Crippen LogP contribution >= 0.6 is 11.6 Å². The maximum absolute atomic E-state index is 10.8. The van der Waals surface area contributed by atoms with Crippen LogP contribution in [-0.4, -0.2) is 5.78 Å². The largest absolute Gasteiger partial charge is 0.295 e. The van der Waals surface area contributed by atoms with Gasteiger partial charge < -0.3 is 0 Å². The standard InChI is InChI=1S/C9H11ClO/c1-3-9(8(2)11)6-4-5-7-10/h3,5-7H,1,4H2,2H3/b7-5+,9-6?. The third-order valence-corrected chi connectivity index (χ3v) is 1.37. The lowest BCUT2D eigenvalue weighted by atomic mass is 10.1. The van der Waals surface area contributed by atoms with Crippen molar-refractivity contribution in [3.8, 4) is 0 Å². The molecule has 0 aliphatic rings. The molecular weight excluding hydrogens is 160 g/mol. The molecule has 0 bridgehead atoms. The molecule has 0 aliphatic carbocycles. The van der Waals surface area contributed by atoms with Crippen LogP contribution in [0.4, 0.5) is 0 Å². The molecule has 60 valence electrons. The van der Waals surface area contributed by atoms with E-state index >= 15 is 0 Å². The van der Waals surface area contributed by atoms with Gasteiger partial charge in [-0.2, -0.15) is 0 Å². The van der Waals surface area contributed by atoms with Gasteiger partial charge in [-0.3, -0.25) is 4.79 Å². The maximum Gasteiger partial charge on any atom is 0.159 e. The summed E-state index contributed by atoms with van der Waals surface area (Å²) in [6.45, 7) is 5.03. The van der Waals surface area contributed by atoms with Crippen LogP contribution in [0.3, 0.4) is 0 Å². The predicted molar refractivity (Wildman–Crippen MR) is 48.6 cm³/mol. The van der Waals surface area contributed by atoms with Crippen molar-refractivity contribution in [2.45, 2.75) is 13.3 Å². The molecule has 0 unspecified atom stereocenters. The van der Waals surface area contributed by atoms with Crippen LogP contribution in [0.15, 0.2) is 35.9 Å². The number of Topliss-reactive ketones (excluding diaryl/α,β-unsaturated/α-hetero) is 1. The smallest absolute Gasteiger partial charge is 0.159 e. The Labute approximate surface area is 72.1 Å². The summed E-state index contributed by atoms with van der Waals surface area (Å²) in [5, 5.41) is 0. The number of allylic oxidation sites excluding steroid dienone is 4. The number of carbonyl (C=O) groups is 1. The number of hydrogen-bond donors (Lipinski definition) is 0. The van der Waals surface area contributed by atoms with E-state index in [0.29, 0.717) is 12.0 Å². The van der Waals surface area contributed by atoms with Crippen molar-refractivity contribution in [2.75, 3.05) is 0 Å². The van der Waals surface area contributed by atoms with Gasteiger partial charge in [0.05, 0.1) is 0 Å². The Balaban J connectivity index is 4.12. The molecular formula is C9H11ClO. The highest BCUT2D eigenvalue weighted by molar-refractivity contribution is 6.25. The average Bonchev–Trinajstić information content (AvgIpc) is 1.97. The molecule has 0 aromatic carbocycles. The minimum atomic E-state index is 0.0305. The van der Waals surface area contributed by atoms with Crippen molar-refractivity contribution in [1.29, 1.82) is 0 Å². The van der Waals surface area contributed by atoms with Crippen LogP contribution in [-0.2, 0) is 4.79 Å². The van der Waals surface area contributed by atoms with Crippen molar-refractivity contribution in [3.63, 3.8) is 0 Å². The molecule has 0 amide bonds. The Bertz CT molecular complexity index is 202. The summed E-state index contributed by atoms with van der Waals surface area (Å²) in [6, 6.07) is 0. The topological polar surface area (TPSA) is 17.1 Å². The van der Waals surface area contributed by atoms with Gasteiger partial charge in [0.15, 0.2) is 5.78 Å². The summed E-state index contributed by atoms with van der Waals surface area (Å²) >= 11 is 5.29. The van der Waals surface area contributed by atoms with Crippen molar-refractivity contribution in [3.05, 3.63) is 35.9 Å². The Kier molecular flexibility index (Phi) is 5.49. The second-order valence-electron chi connectivity index (χ2n) is 2.02. The second-order valence-corrected chi connectivity index (χ2v) is 2.27. The Morgan fingerprint density at radius 1 is 1.64 bits per heavy atom. The highest BCUT2D eigenvalue weighted by atomic mass is 35.5. The predicted octanol–water partition coefficient (Wildman–Crippen LogP) is 2.83. The van der Waals surface area contributed by atoms with Gasteiger partial charge in [0, 0.05) is 11.1 Å². The number of hydrogen-bond acceptors (Lipinski definition) is 1. The molecule has 0 aliphatic heterocycles. The third-order valence-electron chi connectivity index (χ3n) is 1.19. The first-order chi connectivity index (χ1) is 5.22. The van der Waals surface area contributed by atoms with E-state index in [4.69, 9.17) is 11.6 Å². The molecule has 0 rings (SSSR count). The molecule has 11 heavy (non-hydrogen) atoms. The number of halogens is 1. The van der Waals surface area contributed by atoms with E-state index in [-0.39, 0.29) is 5.78 Å².